The van der Waals surface area contributed by atoms with Crippen LogP contribution in [0.25, 0.3) is 11.6 Å². The minimum Gasteiger partial charge on any atom is -0.497 e. The van der Waals surface area contributed by atoms with Crippen molar-refractivity contribution in [2.24, 2.45) is 0 Å². The second-order valence-corrected chi connectivity index (χ2v) is 4.49. The third-order valence-electron chi connectivity index (χ3n) is 2.95. The lowest BCUT2D eigenvalue weighted by Gasteiger charge is -2.01. The van der Waals surface area contributed by atoms with Crippen molar-refractivity contribution >= 4 is 5.82 Å². The Morgan fingerprint density at radius 2 is 2.00 bits per heavy atom. The fraction of sp³-hybridized carbons (Fsp3) is 0.133. The van der Waals surface area contributed by atoms with Gasteiger partial charge in [0, 0.05) is 6.42 Å². The molecule has 106 valence electrons. The monoisotopic (exact) mass is 282 g/mol. The molecule has 0 bridgehead atoms. The lowest BCUT2D eigenvalue weighted by atomic mass is 10.1. The summed E-state index contributed by atoms with van der Waals surface area (Å²) in [6.07, 6.45) is 0.559. The van der Waals surface area contributed by atoms with Crippen molar-refractivity contribution in [3.63, 3.8) is 0 Å². The average molecular weight is 282 g/mol. The molecule has 2 aromatic heterocycles. The van der Waals surface area contributed by atoms with Crippen LogP contribution in [0.15, 0.2) is 47.0 Å². The predicted molar refractivity (Wildman–Crippen MR) is 77.7 cm³/mol. The zero-order valence-corrected chi connectivity index (χ0v) is 11.5. The highest BCUT2D eigenvalue weighted by atomic mass is 16.5. The van der Waals surface area contributed by atoms with E-state index in [1.54, 1.807) is 25.3 Å². The summed E-state index contributed by atoms with van der Waals surface area (Å²) in [5.74, 6) is 2.16. The average Bonchev–Trinajstić information content (AvgIpc) is 2.96. The first-order valence-corrected chi connectivity index (χ1v) is 6.43. The van der Waals surface area contributed by atoms with Crippen molar-refractivity contribution in [1.82, 2.24) is 15.1 Å². The zero-order chi connectivity index (χ0) is 14.7. The third kappa shape index (κ3) is 3.00. The van der Waals surface area contributed by atoms with Crippen molar-refractivity contribution in [2.75, 3.05) is 12.8 Å². The number of nitrogens with zero attached hydrogens (tertiary/aromatic N) is 3. The van der Waals surface area contributed by atoms with E-state index >= 15 is 0 Å². The van der Waals surface area contributed by atoms with Crippen molar-refractivity contribution < 1.29 is 9.26 Å². The quantitative estimate of drug-likeness (QED) is 0.790. The SMILES string of the molecule is COc1cccc(Cc2noc(-c3cccc(N)n3)n2)c1. The smallest absolute Gasteiger partial charge is 0.276 e. The van der Waals surface area contributed by atoms with Gasteiger partial charge in [0.2, 0.25) is 0 Å². The summed E-state index contributed by atoms with van der Waals surface area (Å²) in [6, 6.07) is 13.0. The number of methoxy groups -OCH3 is 1. The number of rotatable bonds is 4. The third-order valence-corrected chi connectivity index (χ3v) is 2.95. The van der Waals surface area contributed by atoms with Gasteiger partial charge in [-0.05, 0) is 29.8 Å². The van der Waals surface area contributed by atoms with E-state index in [2.05, 4.69) is 15.1 Å². The van der Waals surface area contributed by atoms with E-state index in [0.29, 0.717) is 29.6 Å². The van der Waals surface area contributed by atoms with Gasteiger partial charge in [-0.15, -0.1) is 0 Å². The van der Waals surface area contributed by atoms with Crippen LogP contribution in [0, 0.1) is 0 Å². The molecule has 0 radical (unpaired) electrons. The van der Waals surface area contributed by atoms with Gasteiger partial charge in [0.15, 0.2) is 5.82 Å². The van der Waals surface area contributed by atoms with Crippen LogP contribution in [-0.2, 0) is 6.42 Å². The van der Waals surface area contributed by atoms with Gasteiger partial charge in [-0.2, -0.15) is 4.98 Å². The number of aromatic nitrogens is 3. The van der Waals surface area contributed by atoms with Crippen LogP contribution < -0.4 is 10.5 Å². The zero-order valence-electron chi connectivity index (χ0n) is 11.5. The van der Waals surface area contributed by atoms with Crippen molar-refractivity contribution in [3.8, 4) is 17.3 Å². The van der Waals surface area contributed by atoms with Crippen molar-refractivity contribution in [1.29, 1.82) is 0 Å². The maximum Gasteiger partial charge on any atom is 0.276 e. The summed E-state index contributed by atoms with van der Waals surface area (Å²) >= 11 is 0. The largest absolute Gasteiger partial charge is 0.497 e. The van der Waals surface area contributed by atoms with Gasteiger partial charge in [-0.3, -0.25) is 0 Å². The molecule has 2 heterocycles. The summed E-state index contributed by atoms with van der Waals surface area (Å²) in [6.45, 7) is 0. The minimum absolute atomic E-state index is 0.361. The number of hydrogen-bond acceptors (Lipinski definition) is 6. The first-order chi connectivity index (χ1) is 10.2. The summed E-state index contributed by atoms with van der Waals surface area (Å²) in [4.78, 5) is 8.49. The van der Waals surface area contributed by atoms with Crippen LogP contribution in [0.2, 0.25) is 0 Å². The van der Waals surface area contributed by atoms with E-state index in [9.17, 15) is 0 Å². The molecule has 0 atom stereocenters. The van der Waals surface area contributed by atoms with Gasteiger partial charge in [0.05, 0.1) is 7.11 Å². The molecule has 0 amide bonds. The van der Waals surface area contributed by atoms with E-state index in [0.717, 1.165) is 11.3 Å². The molecule has 3 aromatic rings. The normalized spacial score (nSPS) is 10.5. The second kappa shape index (κ2) is 5.62. The lowest BCUT2D eigenvalue weighted by Crippen LogP contribution is -1.93. The molecule has 0 saturated carbocycles. The standard InChI is InChI=1S/C15H14N4O2/c1-20-11-5-2-4-10(8-11)9-14-18-15(21-19-14)12-6-3-7-13(16)17-12/h2-8H,9H2,1H3,(H2,16,17). The van der Waals surface area contributed by atoms with E-state index in [1.807, 2.05) is 24.3 Å². The van der Waals surface area contributed by atoms with Crippen LogP contribution in [-0.4, -0.2) is 22.2 Å². The molecule has 2 N–H and O–H groups in total. The number of nitrogen functional groups attached to an aromatic ring is 1. The number of nitrogens with two attached hydrogens (primary N) is 1. The fourth-order valence-electron chi connectivity index (χ4n) is 1.97. The highest BCUT2D eigenvalue weighted by Crippen LogP contribution is 2.18. The molecule has 0 spiro atoms. The molecule has 0 unspecified atom stereocenters. The molecule has 21 heavy (non-hydrogen) atoms. The molecular formula is C15H14N4O2. The highest BCUT2D eigenvalue weighted by molar-refractivity contribution is 5.50. The fourth-order valence-corrected chi connectivity index (χ4v) is 1.97. The molecule has 6 nitrogen and oxygen atoms in total. The van der Waals surface area contributed by atoms with Gasteiger partial charge in [-0.25, -0.2) is 4.98 Å². The van der Waals surface area contributed by atoms with E-state index in [-0.39, 0.29) is 0 Å². The first-order valence-electron chi connectivity index (χ1n) is 6.43. The van der Waals surface area contributed by atoms with Gasteiger partial charge >= 0.3 is 0 Å². The minimum atomic E-state index is 0.361. The highest BCUT2D eigenvalue weighted by Gasteiger charge is 2.11. The molecular weight excluding hydrogens is 268 g/mol. The summed E-state index contributed by atoms with van der Waals surface area (Å²) in [5.41, 5.74) is 7.26. The molecule has 0 aliphatic rings. The Morgan fingerprint density at radius 1 is 1.14 bits per heavy atom. The number of pyridine rings is 1. The summed E-state index contributed by atoms with van der Waals surface area (Å²) < 4.78 is 10.4. The van der Waals surface area contributed by atoms with E-state index < -0.39 is 0 Å². The maximum atomic E-state index is 5.64. The van der Waals surface area contributed by atoms with Crippen LogP contribution in [0.4, 0.5) is 5.82 Å². The molecule has 0 aliphatic heterocycles. The summed E-state index contributed by atoms with van der Waals surface area (Å²) in [7, 11) is 1.64. The lowest BCUT2D eigenvalue weighted by molar-refractivity contribution is 0.414. The van der Waals surface area contributed by atoms with Gasteiger partial charge < -0.3 is 15.0 Å². The number of ether oxygens (including phenoxy) is 1. The van der Waals surface area contributed by atoms with Crippen LogP contribution in [0.5, 0.6) is 5.75 Å². The molecule has 1 aromatic carbocycles. The number of anilines is 1. The Balaban J connectivity index is 1.81. The molecule has 6 heteroatoms. The van der Waals surface area contributed by atoms with Crippen molar-refractivity contribution in [2.45, 2.75) is 6.42 Å². The Bertz CT molecular complexity index is 755. The molecule has 0 saturated heterocycles. The number of hydrogen-bond donors (Lipinski definition) is 1. The van der Waals surface area contributed by atoms with Gasteiger partial charge in [0.25, 0.3) is 5.89 Å². The van der Waals surface area contributed by atoms with Gasteiger partial charge in [0.1, 0.15) is 17.3 Å². The Hall–Kier alpha value is -2.89. The van der Waals surface area contributed by atoms with Crippen LogP contribution in [0.1, 0.15) is 11.4 Å². The second-order valence-electron chi connectivity index (χ2n) is 4.49. The Labute approximate surface area is 121 Å². The van der Waals surface area contributed by atoms with E-state index in [4.69, 9.17) is 15.0 Å². The van der Waals surface area contributed by atoms with Crippen LogP contribution in [0.3, 0.4) is 0 Å². The molecule has 0 fully saturated rings. The maximum absolute atomic E-state index is 5.64. The molecule has 3 rings (SSSR count). The van der Waals surface area contributed by atoms with Gasteiger partial charge in [-0.1, -0.05) is 23.4 Å². The summed E-state index contributed by atoms with van der Waals surface area (Å²) in [5, 5.41) is 3.97. The first kappa shape index (κ1) is 13.1. The number of benzene rings is 1. The predicted octanol–water partition coefficient (Wildman–Crippen LogP) is 2.31. The molecule has 0 aliphatic carbocycles. The van der Waals surface area contributed by atoms with Crippen molar-refractivity contribution in [3.05, 3.63) is 53.9 Å². The topological polar surface area (TPSA) is 87.1 Å². The van der Waals surface area contributed by atoms with Crippen LogP contribution >= 0.6 is 0 Å². The Kier molecular flexibility index (Phi) is 3.51. The van der Waals surface area contributed by atoms with E-state index in [1.165, 1.54) is 0 Å². The Morgan fingerprint density at radius 3 is 2.81 bits per heavy atom.